The minimum atomic E-state index is -0.501. The van der Waals surface area contributed by atoms with Crippen LogP contribution in [0.2, 0.25) is 0 Å². The van der Waals surface area contributed by atoms with Crippen molar-refractivity contribution in [3.63, 3.8) is 0 Å². The maximum Gasteiger partial charge on any atom is 0.129 e. The van der Waals surface area contributed by atoms with Crippen LogP contribution in [0.4, 0.5) is 0 Å². The van der Waals surface area contributed by atoms with E-state index in [0.717, 1.165) is 45.3 Å². The number of β-amino-alcohol motifs (C(OH)–C–C–N with tert-alkyl or cyclic N) is 1. The van der Waals surface area contributed by atoms with Crippen LogP contribution in [0.3, 0.4) is 0 Å². The molecule has 1 fully saturated rings. The monoisotopic (exact) mass is 213 g/mol. The Morgan fingerprint density at radius 1 is 1.47 bits per heavy atom. The van der Waals surface area contributed by atoms with Crippen molar-refractivity contribution >= 4 is 5.78 Å². The molecule has 0 spiro atoms. The summed E-state index contributed by atoms with van der Waals surface area (Å²) in [5, 5.41) is 9.89. The van der Waals surface area contributed by atoms with Gasteiger partial charge in [-0.05, 0) is 52.6 Å². The molecule has 0 saturated carbocycles. The minimum absolute atomic E-state index is 0.278. The van der Waals surface area contributed by atoms with Gasteiger partial charge in [-0.1, -0.05) is 0 Å². The Hall–Kier alpha value is -0.410. The van der Waals surface area contributed by atoms with E-state index in [4.69, 9.17) is 0 Å². The van der Waals surface area contributed by atoms with Gasteiger partial charge >= 0.3 is 0 Å². The van der Waals surface area contributed by atoms with Gasteiger partial charge in [0.1, 0.15) is 5.78 Å². The fraction of sp³-hybridized carbons (Fsp3) is 0.917. The summed E-state index contributed by atoms with van der Waals surface area (Å²) in [6.07, 6.45) is 4.74. The minimum Gasteiger partial charge on any atom is -0.389 e. The molecular weight excluding hydrogens is 190 g/mol. The van der Waals surface area contributed by atoms with Gasteiger partial charge in [-0.3, -0.25) is 0 Å². The lowest BCUT2D eigenvalue weighted by molar-refractivity contribution is -0.117. The number of likely N-dealkylation sites (tertiary alicyclic amines) is 1. The van der Waals surface area contributed by atoms with Gasteiger partial charge in [0, 0.05) is 13.0 Å². The summed E-state index contributed by atoms with van der Waals surface area (Å²) in [5.74, 6) is 0.278. The van der Waals surface area contributed by atoms with Gasteiger partial charge in [0.25, 0.3) is 0 Å². The molecule has 1 heterocycles. The summed E-state index contributed by atoms with van der Waals surface area (Å²) >= 11 is 0. The number of hydrogen-bond acceptors (Lipinski definition) is 3. The van der Waals surface area contributed by atoms with E-state index in [1.54, 1.807) is 6.92 Å². The van der Waals surface area contributed by atoms with E-state index in [1.165, 1.54) is 0 Å². The van der Waals surface area contributed by atoms with Gasteiger partial charge in [-0.15, -0.1) is 0 Å². The Balaban J connectivity index is 2.13. The van der Waals surface area contributed by atoms with Crippen LogP contribution in [0.5, 0.6) is 0 Å². The average molecular weight is 213 g/mol. The predicted octanol–water partition coefficient (Wildman–Crippen LogP) is 1.59. The molecule has 0 aromatic rings. The molecule has 15 heavy (non-hydrogen) atoms. The maximum atomic E-state index is 10.7. The lowest BCUT2D eigenvalue weighted by Crippen LogP contribution is -2.46. The molecule has 0 aliphatic carbocycles. The molecule has 1 atom stereocenters. The van der Waals surface area contributed by atoms with E-state index >= 15 is 0 Å². The molecule has 1 aliphatic rings. The number of carbonyl (C=O) groups excluding carboxylic acids is 1. The summed E-state index contributed by atoms with van der Waals surface area (Å²) in [5.41, 5.74) is -0.501. The number of ketones is 1. The molecule has 0 amide bonds. The quantitative estimate of drug-likeness (QED) is 0.705. The highest BCUT2D eigenvalue weighted by molar-refractivity contribution is 5.75. The Morgan fingerprint density at radius 3 is 2.80 bits per heavy atom. The normalized spacial score (nSPS) is 27.9. The van der Waals surface area contributed by atoms with Crippen LogP contribution in [0.1, 0.15) is 46.0 Å². The smallest absolute Gasteiger partial charge is 0.129 e. The van der Waals surface area contributed by atoms with Gasteiger partial charge in [-0.25, -0.2) is 0 Å². The topological polar surface area (TPSA) is 40.5 Å². The fourth-order valence-electron chi connectivity index (χ4n) is 2.22. The summed E-state index contributed by atoms with van der Waals surface area (Å²) < 4.78 is 0. The van der Waals surface area contributed by atoms with Crippen LogP contribution in [0.15, 0.2) is 0 Å². The first-order valence-corrected chi connectivity index (χ1v) is 5.94. The Labute approximate surface area is 92.5 Å². The number of unbranched alkanes of at least 4 members (excludes halogenated alkanes) is 1. The predicted molar refractivity (Wildman–Crippen MR) is 60.8 cm³/mol. The highest BCUT2D eigenvalue weighted by Crippen LogP contribution is 2.20. The SMILES string of the molecule is CC(=O)CCCCN1CCCC(C)(O)C1. The first kappa shape index (κ1) is 12.7. The first-order chi connectivity index (χ1) is 6.99. The highest BCUT2D eigenvalue weighted by Gasteiger charge is 2.27. The second-order valence-electron chi connectivity index (χ2n) is 5.04. The molecule has 0 radical (unpaired) electrons. The van der Waals surface area contributed by atoms with E-state index in [9.17, 15) is 9.90 Å². The third-order valence-electron chi connectivity index (χ3n) is 3.01. The average Bonchev–Trinajstić information content (AvgIpc) is 2.10. The summed E-state index contributed by atoms with van der Waals surface area (Å²) in [4.78, 5) is 13.1. The molecule has 0 aromatic carbocycles. The molecule has 1 rings (SSSR count). The summed E-state index contributed by atoms with van der Waals surface area (Å²) in [6, 6.07) is 0. The van der Waals surface area contributed by atoms with Crippen LogP contribution in [0, 0.1) is 0 Å². The third kappa shape index (κ3) is 5.28. The van der Waals surface area contributed by atoms with Crippen molar-refractivity contribution in [3.8, 4) is 0 Å². The van der Waals surface area contributed by atoms with Gasteiger partial charge in [0.2, 0.25) is 0 Å². The lowest BCUT2D eigenvalue weighted by atomic mass is 9.95. The molecule has 0 aromatic heterocycles. The second-order valence-corrected chi connectivity index (χ2v) is 5.04. The van der Waals surface area contributed by atoms with Crippen LogP contribution in [-0.2, 0) is 4.79 Å². The maximum absolute atomic E-state index is 10.7. The summed E-state index contributed by atoms with van der Waals surface area (Å²) in [6.45, 7) is 6.45. The molecule has 3 heteroatoms. The molecule has 3 nitrogen and oxygen atoms in total. The molecule has 0 bridgehead atoms. The van der Waals surface area contributed by atoms with E-state index in [0.29, 0.717) is 6.42 Å². The summed E-state index contributed by atoms with van der Waals surface area (Å²) in [7, 11) is 0. The van der Waals surface area contributed by atoms with Crippen LogP contribution in [-0.4, -0.2) is 41.0 Å². The van der Waals surface area contributed by atoms with Gasteiger partial charge < -0.3 is 14.8 Å². The molecular formula is C12H23NO2. The Morgan fingerprint density at radius 2 is 2.20 bits per heavy atom. The van der Waals surface area contributed by atoms with Crippen molar-refractivity contribution in [2.45, 2.75) is 51.6 Å². The first-order valence-electron chi connectivity index (χ1n) is 5.94. The van der Waals surface area contributed by atoms with Gasteiger partial charge in [-0.2, -0.15) is 0 Å². The van der Waals surface area contributed by atoms with Gasteiger partial charge in [0.05, 0.1) is 5.60 Å². The number of rotatable bonds is 5. The van der Waals surface area contributed by atoms with Crippen molar-refractivity contribution in [1.82, 2.24) is 4.90 Å². The number of nitrogens with zero attached hydrogens (tertiary/aromatic N) is 1. The second kappa shape index (κ2) is 5.61. The van der Waals surface area contributed by atoms with Crippen LogP contribution in [0.25, 0.3) is 0 Å². The van der Waals surface area contributed by atoms with Crippen LogP contribution < -0.4 is 0 Å². The number of carbonyl (C=O) groups is 1. The number of piperidine rings is 1. The molecule has 1 aliphatic heterocycles. The fourth-order valence-corrected chi connectivity index (χ4v) is 2.22. The number of aliphatic hydroxyl groups is 1. The number of Topliss-reactive ketones (excluding diaryl/α,β-unsaturated/α-hetero) is 1. The number of hydrogen-bond donors (Lipinski definition) is 1. The van der Waals surface area contributed by atoms with Crippen molar-refractivity contribution in [2.75, 3.05) is 19.6 Å². The van der Waals surface area contributed by atoms with E-state index in [1.807, 2.05) is 6.92 Å². The standard InChI is InChI=1S/C12H23NO2/c1-11(14)6-3-4-8-13-9-5-7-12(2,15)10-13/h15H,3-10H2,1-2H3. The highest BCUT2D eigenvalue weighted by atomic mass is 16.3. The van der Waals surface area contributed by atoms with E-state index < -0.39 is 5.60 Å². The van der Waals surface area contributed by atoms with Crippen LogP contribution >= 0.6 is 0 Å². The molecule has 1 saturated heterocycles. The lowest BCUT2D eigenvalue weighted by Gasteiger charge is -2.36. The molecule has 1 unspecified atom stereocenters. The largest absolute Gasteiger partial charge is 0.389 e. The zero-order valence-electron chi connectivity index (χ0n) is 9.96. The zero-order valence-corrected chi connectivity index (χ0v) is 9.96. The van der Waals surface area contributed by atoms with Crippen molar-refractivity contribution in [2.24, 2.45) is 0 Å². The molecule has 1 N–H and O–H groups in total. The van der Waals surface area contributed by atoms with Crippen molar-refractivity contribution in [1.29, 1.82) is 0 Å². The third-order valence-corrected chi connectivity index (χ3v) is 3.01. The molecule has 88 valence electrons. The Bertz CT molecular complexity index is 214. The van der Waals surface area contributed by atoms with Gasteiger partial charge in [0.15, 0.2) is 0 Å². The zero-order chi connectivity index (χ0) is 11.3. The Kier molecular flexibility index (Phi) is 4.74. The van der Waals surface area contributed by atoms with E-state index in [-0.39, 0.29) is 5.78 Å². The van der Waals surface area contributed by atoms with E-state index in [2.05, 4.69) is 4.90 Å². The van der Waals surface area contributed by atoms with Crippen molar-refractivity contribution in [3.05, 3.63) is 0 Å². The van der Waals surface area contributed by atoms with Crippen molar-refractivity contribution < 1.29 is 9.90 Å².